The van der Waals surface area contributed by atoms with Crippen LogP contribution in [0.25, 0.3) is 10.6 Å². The van der Waals surface area contributed by atoms with Crippen molar-refractivity contribution in [1.29, 1.82) is 0 Å². The van der Waals surface area contributed by atoms with Crippen LogP contribution < -0.4 is 20.3 Å². The van der Waals surface area contributed by atoms with Gasteiger partial charge in [0.05, 0.1) is 14.2 Å². The van der Waals surface area contributed by atoms with E-state index in [1.807, 2.05) is 25.1 Å². The maximum atomic E-state index is 12.3. The number of hydrogen-bond donors (Lipinski definition) is 2. The van der Waals surface area contributed by atoms with Gasteiger partial charge in [-0.25, -0.2) is 4.98 Å². The number of benzene rings is 2. The lowest BCUT2D eigenvalue weighted by Crippen LogP contribution is -2.41. The minimum absolute atomic E-state index is 0.210. The SMILES string of the molecule is CCc1ccc(C(=O)NNC(=O)c2csc(-c3ccc(OC)c(OC)c3)n2)cc1. The van der Waals surface area contributed by atoms with Crippen LogP contribution in [-0.2, 0) is 6.42 Å². The lowest BCUT2D eigenvalue weighted by molar-refractivity contribution is 0.0844. The molecule has 0 spiro atoms. The molecule has 0 atom stereocenters. The first-order valence-corrected chi connectivity index (χ1v) is 9.81. The van der Waals surface area contributed by atoms with Gasteiger partial charge in [-0.3, -0.25) is 20.4 Å². The van der Waals surface area contributed by atoms with Crippen molar-refractivity contribution in [3.05, 3.63) is 64.7 Å². The van der Waals surface area contributed by atoms with Gasteiger partial charge >= 0.3 is 0 Å². The van der Waals surface area contributed by atoms with E-state index in [0.717, 1.165) is 17.5 Å². The Morgan fingerprint density at radius 3 is 2.31 bits per heavy atom. The molecule has 29 heavy (non-hydrogen) atoms. The van der Waals surface area contributed by atoms with Crippen LogP contribution in [0.2, 0.25) is 0 Å². The second-order valence-corrected chi connectivity index (χ2v) is 6.92. The van der Waals surface area contributed by atoms with Crippen LogP contribution in [0, 0.1) is 0 Å². The van der Waals surface area contributed by atoms with Gasteiger partial charge in [0.1, 0.15) is 10.7 Å². The number of hydrogen-bond acceptors (Lipinski definition) is 6. The highest BCUT2D eigenvalue weighted by molar-refractivity contribution is 7.13. The number of methoxy groups -OCH3 is 2. The van der Waals surface area contributed by atoms with Crippen molar-refractivity contribution in [3.8, 4) is 22.1 Å². The quantitative estimate of drug-likeness (QED) is 0.607. The zero-order valence-electron chi connectivity index (χ0n) is 16.3. The van der Waals surface area contributed by atoms with Crippen LogP contribution >= 0.6 is 11.3 Å². The monoisotopic (exact) mass is 411 g/mol. The van der Waals surface area contributed by atoms with E-state index in [2.05, 4.69) is 15.8 Å². The summed E-state index contributed by atoms with van der Waals surface area (Å²) in [4.78, 5) is 28.8. The third-order valence-electron chi connectivity index (χ3n) is 4.28. The Morgan fingerprint density at radius 1 is 0.966 bits per heavy atom. The van der Waals surface area contributed by atoms with E-state index < -0.39 is 11.8 Å². The highest BCUT2D eigenvalue weighted by atomic mass is 32.1. The number of thiazole rings is 1. The summed E-state index contributed by atoms with van der Waals surface area (Å²) in [6.45, 7) is 2.04. The molecule has 0 aliphatic heterocycles. The van der Waals surface area contributed by atoms with E-state index in [4.69, 9.17) is 9.47 Å². The Balaban J connectivity index is 1.65. The summed E-state index contributed by atoms with van der Waals surface area (Å²) in [6.07, 6.45) is 0.894. The smallest absolute Gasteiger partial charge is 0.289 e. The van der Waals surface area contributed by atoms with Crippen molar-refractivity contribution in [2.24, 2.45) is 0 Å². The first-order chi connectivity index (χ1) is 14.0. The molecule has 1 heterocycles. The van der Waals surface area contributed by atoms with E-state index in [0.29, 0.717) is 22.1 Å². The van der Waals surface area contributed by atoms with Crippen LogP contribution in [0.1, 0.15) is 33.3 Å². The predicted molar refractivity (Wildman–Crippen MR) is 111 cm³/mol. The second kappa shape index (κ2) is 9.20. The Morgan fingerprint density at radius 2 is 1.66 bits per heavy atom. The van der Waals surface area contributed by atoms with Gasteiger partial charge in [-0.1, -0.05) is 19.1 Å². The average Bonchev–Trinajstić information content (AvgIpc) is 3.27. The molecule has 2 N–H and O–H groups in total. The maximum absolute atomic E-state index is 12.3. The molecule has 3 aromatic rings. The molecule has 0 aliphatic rings. The Bertz CT molecular complexity index is 1020. The highest BCUT2D eigenvalue weighted by Crippen LogP contribution is 2.33. The first-order valence-electron chi connectivity index (χ1n) is 8.93. The van der Waals surface area contributed by atoms with Crippen molar-refractivity contribution in [2.75, 3.05) is 14.2 Å². The summed E-state index contributed by atoms with van der Waals surface area (Å²) < 4.78 is 10.5. The average molecular weight is 411 g/mol. The third-order valence-corrected chi connectivity index (χ3v) is 5.17. The minimum atomic E-state index is -0.494. The van der Waals surface area contributed by atoms with Crippen LogP contribution in [0.5, 0.6) is 11.5 Å². The number of hydrazine groups is 1. The number of nitrogens with zero attached hydrogens (tertiary/aromatic N) is 1. The van der Waals surface area contributed by atoms with Gasteiger partial charge in [-0.05, 0) is 42.3 Å². The van der Waals surface area contributed by atoms with Gasteiger partial charge in [0, 0.05) is 16.5 Å². The van der Waals surface area contributed by atoms with Crippen LogP contribution in [-0.4, -0.2) is 31.0 Å². The third kappa shape index (κ3) is 4.72. The zero-order chi connectivity index (χ0) is 20.8. The molecular weight excluding hydrogens is 390 g/mol. The summed E-state index contributed by atoms with van der Waals surface area (Å²) >= 11 is 1.32. The molecule has 3 rings (SSSR count). The molecule has 2 aromatic carbocycles. The zero-order valence-corrected chi connectivity index (χ0v) is 17.1. The van der Waals surface area contributed by atoms with E-state index in [1.165, 1.54) is 11.3 Å². The maximum Gasteiger partial charge on any atom is 0.289 e. The molecule has 7 nitrogen and oxygen atoms in total. The van der Waals surface area contributed by atoms with Gasteiger partial charge in [-0.2, -0.15) is 0 Å². The van der Waals surface area contributed by atoms with Gasteiger partial charge in [0.15, 0.2) is 11.5 Å². The Kier molecular flexibility index (Phi) is 6.46. The summed E-state index contributed by atoms with van der Waals surface area (Å²) in [5, 5.41) is 2.28. The van der Waals surface area contributed by atoms with E-state index >= 15 is 0 Å². The second-order valence-electron chi connectivity index (χ2n) is 6.07. The molecule has 0 aliphatic carbocycles. The fourth-order valence-electron chi connectivity index (χ4n) is 2.62. The van der Waals surface area contributed by atoms with Crippen LogP contribution in [0.3, 0.4) is 0 Å². The lowest BCUT2D eigenvalue weighted by Gasteiger charge is -2.08. The van der Waals surface area contributed by atoms with Crippen molar-refractivity contribution in [2.45, 2.75) is 13.3 Å². The normalized spacial score (nSPS) is 10.3. The first kappa shape index (κ1) is 20.3. The van der Waals surface area contributed by atoms with Crippen molar-refractivity contribution in [3.63, 3.8) is 0 Å². The van der Waals surface area contributed by atoms with Crippen molar-refractivity contribution < 1.29 is 19.1 Å². The van der Waals surface area contributed by atoms with E-state index in [-0.39, 0.29) is 5.69 Å². The molecule has 0 bridgehead atoms. The highest BCUT2D eigenvalue weighted by Gasteiger charge is 2.15. The number of aryl methyl sites for hydroxylation is 1. The number of ether oxygens (including phenoxy) is 2. The van der Waals surface area contributed by atoms with Gasteiger partial charge in [0.25, 0.3) is 11.8 Å². The molecule has 0 radical (unpaired) electrons. The summed E-state index contributed by atoms with van der Waals surface area (Å²) in [7, 11) is 3.12. The number of carbonyl (C=O) groups excluding carboxylic acids is 2. The molecule has 0 saturated carbocycles. The molecule has 0 unspecified atom stereocenters. The molecule has 0 saturated heterocycles. The van der Waals surface area contributed by atoms with Crippen LogP contribution in [0.4, 0.5) is 0 Å². The number of aromatic nitrogens is 1. The minimum Gasteiger partial charge on any atom is -0.493 e. The molecule has 1 aromatic heterocycles. The number of amides is 2. The topological polar surface area (TPSA) is 89.6 Å². The van der Waals surface area contributed by atoms with Crippen molar-refractivity contribution >= 4 is 23.2 Å². The standard InChI is InChI=1S/C21H21N3O4S/c1-4-13-5-7-14(8-6-13)19(25)23-24-20(26)16-12-29-21(22-16)15-9-10-17(27-2)18(11-15)28-3/h5-12H,4H2,1-3H3,(H,23,25)(H,24,26). The largest absolute Gasteiger partial charge is 0.493 e. The number of rotatable bonds is 6. The van der Waals surface area contributed by atoms with Gasteiger partial charge in [-0.15, -0.1) is 11.3 Å². The number of carbonyl (C=O) groups is 2. The molecule has 150 valence electrons. The van der Waals surface area contributed by atoms with Crippen molar-refractivity contribution in [1.82, 2.24) is 15.8 Å². The molecule has 8 heteroatoms. The fourth-order valence-corrected chi connectivity index (χ4v) is 3.42. The Labute approximate surface area is 172 Å². The molecule has 2 amide bonds. The van der Waals surface area contributed by atoms with Gasteiger partial charge < -0.3 is 9.47 Å². The number of nitrogens with one attached hydrogen (secondary N) is 2. The molecule has 0 fully saturated rings. The predicted octanol–water partition coefficient (Wildman–Crippen LogP) is 3.46. The molecular formula is C21H21N3O4S. The fraction of sp³-hybridized carbons (Fsp3) is 0.190. The van der Waals surface area contributed by atoms with E-state index in [1.54, 1.807) is 43.9 Å². The van der Waals surface area contributed by atoms with Crippen LogP contribution in [0.15, 0.2) is 47.8 Å². The summed E-state index contributed by atoms with van der Waals surface area (Å²) in [5.41, 5.74) is 7.41. The Hall–Kier alpha value is -3.39. The summed E-state index contributed by atoms with van der Waals surface area (Å²) in [5.74, 6) is 0.302. The lowest BCUT2D eigenvalue weighted by atomic mass is 10.1. The van der Waals surface area contributed by atoms with E-state index in [9.17, 15) is 9.59 Å². The van der Waals surface area contributed by atoms with Gasteiger partial charge in [0.2, 0.25) is 0 Å². The summed E-state index contributed by atoms with van der Waals surface area (Å²) in [6, 6.07) is 12.6.